The summed E-state index contributed by atoms with van der Waals surface area (Å²) in [6, 6.07) is 79.5. The molecule has 0 spiro atoms. The lowest BCUT2D eigenvalue weighted by Gasteiger charge is -2.32. The molecule has 0 amide bonds. The first-order chi connectivity index (χ1) is 34.3. The monoisotopic (exact) mass is 919 g/mol. The Labute approximate surface area is 414 Å². The first-order valence-corrected chi connectivity index (χ1v) is 26.0. The van der Waals surface area contributed by atoms with Crippen molar-refractivity contribution >= 4 is 58.9 Å². The predicted octanol–water partition coefficient (Wildman–Crippen LogP) is 18.1. The van der Waals surface area contributed by atoms with Crippen molar-refractivity contribution in [3.05, 3.63) is 258 Å². The number of para-hydroxylation sites is 2. The van der Waals surface area contributed by atoms with Gasteiger partial charge in [-0.05, 0) is 147 Å². The summed E-state index contributed by atoms with van der Waals surface area (Å²) >= 11 is 0. The van der Waals surface area contributed by atoms with Crippen LogP contribution in [0.15, 0.2) is 231 Å². The highest BCUT2D eigenvalue weighted by Gasteiger charge is 2.41. The molecule has 0 bridgehead atoms. The number of anilines is 7. The topological polar surface area (TPSA) is 9.72 Å². The maximum absolute atomic E-state index is 2.57. The summed E-state index contributed by atoms with van der Waals surface area (Å²) in [5.74, 6) is 0. The van der Waals surface area contributed by atoms with E-state index in [0.717, 1.165) is 24.2 Å². The second-order valence-electron chi connectivity index (χ2n) is 20.1. The lowest BCUT2D eigenvalue weighted by Crippen LogP contribution is -2.21. The molecule has 9 aromatic carbocycles. The van der Waals surface area contributed by atoms with Crippen LogP contribution in [0, 0.1) is 0 Å². The highest BCUT2D eigenvalue weighted by molar-refractivity contribution is 7.70. The maximum atomic E-state index is 2.57. The van der Waals surface area contributed by atoms with E-state index in [1.807, 2.05) is 0 Å². The van der Waals surface area contributed by atoms with Gasteiger partial charge in [0.15, 0.2) is 0 Å². The van der Waals surface area contributed by atoms with Gasteiger partial charge in [0.2, 0.25) is 0 Å². The molecular weight excluding hydrogens is 866 g/mol. The van der Waals surface area contributed by atoms with Crippen molar-refractivity contribution in [3.63, 3.8) is 0 Å². The Morgan fingerprint density at radius 3 is 1.73 bits per heavy atom. The van der Waals surface area contributed by atoms with Crippen molar-refractivity contribution < 1.29 is 0 Å². The average Bonchev–Trinajstić information content (AvgIpc) is 3.97. The zero-order valence-corrected chi connectivity index (χ0v) is 41.0. The first kappa shape index (κ1) is 42.4. The standard InChI is InChI=1S/C66H54N3P/c1-65(2)57-29-18-17-28-56(57)64-58(65)30-19-31-62(64)67(52-38-40-55-54-39-34-47(45-20-9-5-10-21-45)42-59(54)66(3,4)60(55)44-52)49-36-32-46(33-37-49)48-35-41-61-63(43-48)69(51-24-13-7-14-25-51)70(53-26-15-8-16-27-53)68(61)50-22-11-6-12-23-50/h6-9,11-44H,5,10H2,1-4H3. The summed E-state index contributed by atoms with van der Waals surface area (Å²) < 4.78 is 5.12. The Hall–Kier alpha value is -7.71. The van der Waals surface area contributed by atoms with Crippen LogP contribution in [0.2, 0.25) is 0 Å². The van der Waals surface area contributed by atoms with Crippen LogP contribution in [-0.2, 0) is 10.8 Å². The number of rotatable bonds is 8. The number of fused-ring (bicyclic) bond motifs is 7. The lowest BCUT2D eigenvalue weighted by atomic mass is 9.81. The molecule has 0 radical (unpaired) electrons. The van der Waals surface area contributed by atoms with Crippen LogP contribution >= 0.6 is 8.22 Å². The number of allylic oxidation sites excluding steroid dienone is 4. The molecule has 0 aromatic heterocycles. The molecule has 0 saturated heterocycles. The van der Waals surface area contributed by atoms with Gasteiger partial charge in [0.05, 0.1) is 17.1 Å². The Morgan fingerprint density at radius 1 is 0.429 bits per heavy atom. The molecule has 70 heavy (non-hydrogen) atoms. The maximum Gasteiger partial charge on any atom is 0.138 e. The van der Waals surface area contributed by atoms with Crippen LogP contribution in [-0.4, -0.2) is 0 Å². The fraction of sp³-hybridized carbons (Fsp3) is 0.121. The summed E-state index contributed by atoms with van der Waals surface area (Å²) in [6.45, 7) is 9.57. The summed E-state index contributed by atoms with van der Waals surface area (Å²) in [4.78, 5) is 2.52. The summed E-state index contributed by atoms with van der Waals surface area (Å²) in [6.07, 6.45) is 9.21. The molecule has 1 atom stereocenters. The summed E-state index contributed by atoms with van der Waals surface area (Å²) in [5, 5.41) is 1.30. The molecule has 0 fully saturated rings. The van der Waals surface area contributed by atoms with Crippen LogP contribution in [0.1, 0.15) is 68.4 Å². The van der Waals surface area contributed by atoms with Gasteiger partial charge in [-0.3, -0.25) is 9.34 Å². The van der Waals surface area contributed by atoms with Crippen LogP contribution in [0.5, 0.6) is 0 Å². The van der Waals surface area contributed by atoms with E-state index in [1.165, 1.54) is 101 Å². The average molecular weight is 920 g/mol. The van der Waals surface area contributed by atoms with Gasteiger partial charge >= 0.3 is 0 Å². The molecule has 0 N–H and O–H groups in total. The van der Waals surface area contributed by atoms with Crippen LogP contribution in [0.4, 0.5) is 39.8 Å². The zero-order chi connectivity index (χ0) is 47.1. The van der Waals surface area contributed by atoms with E-state index in [1.54, 1.807) is 0 Å². The molecule has 338 valence electrons. The molecule has 3 aliphatic carbocycles. The molecule has 4 aliphatic rings. The van der Waals surface area contributed by atoms with E-state index in [9.17, 15) is 0 Å². The minimum Gasteiger partial charge on any atom is -0.310 e. The Bertz CT molecular complexity index is 3550. The normalized spacial score (nSPS) is 16.5. The molecule has 0 saturated carbocycles. The largest absolute Gasteiger partial charge is 0.310 e. The van der Waals surface area contributed by atoms with Gasteiger partial charge in [-0.1, -0.05) is 185 Å². The SMILES string of the molecule is CC1(C)c2cc(C3=CCCC=C3)ccc2-c2ccc(N(c3ccc(-c4ccc5c(c4)N(c4ccccc4)P(c4ccccc4)N5c4ccccc4)cc3)c3cccc4c3-c3ccccc3C4(C)C)cc21. The quantitative estimate of drug-likeness (QED) is 0.141. The number of hydrogen-bond acceptors (Lipinski definition) is 3. The smallest absolute Gasteiger partial charge is 0.138 e. The van der Waals surface area contributed by atoms with Crippen molar-refractivity contribution in [2.24, 2.45) is 0 Å². The third-order valence-electron chi connectivity index (χ3n) is 15.3. The van der Waals surface area contributed by atoms with E-state index in [4.69, 9.17) is 0 Å². The highest BCUT2D eigenvalue weighted by Crippen LogP contribution is 2.65. The van der Waals surface area contributed by atoms with Gasteiger partial charge in [-0.25, -0.2) is 0 Å². The summed E-state index contributed by atoms with van der Waals surface area (Å²) in [7, 11) is -0.996. The predicted molar refractivity (Wildman–Crippen MR) is 298 cm³/mol. The third kappa shape index (κ3) is 6.67. The van der Waals surface area contributed by atoms with Crippen molar-refractivity contribution in [1.29, 1.82) is 0 Å². The van der Waals surface area contributed by atoms with E-state index in [0.29, 0.717) is 0 Å². The minimum atomic E-state index is -0.996. The van der Waals surface area contributed by atoms with E-state index >= 15 is 0 Å². The van der Waals surface area contributed by atoms with Crippen molar-refractivity contribution in [2.75, 3.05) is 14.2 Å². The molecule has 9 aromatic rings. The highest BCUT2D eigenvalue weighted by atomic mass is 31.1. The van der Waals surface area contributed by atoms with Crippen molar-refractivity contribution in [2.45, 2.75) is 51.4 Å². The minimum absolute atomic E-state index is 0.127. The fourth-order valence-electron chi connectivity index (χ4n) is 11.8. The Balaban J connectivity index is 0.942. The van der Waals surface area contributed by atoms with Gasteiger partial charge in [0, 0.05) is 44.4 Å². The van der Waals surface area contributed by atoms with Gasteiger partial charge < -0.3 is 4.90 Å². The van der Waals surface area contributed by atoms with E-state index < -0.39 is 8.22 Å². The van der Waals surface area contributed by atoms with Gasteiger partial charge in [0.25, 0.3) is 0 Å². The first-order valence-electron chi connectivity index (χ1n) is 24.8. The second kappa shape index (κ2) is 16.5. The Morgan fingerprint density at radius 2 is 1.01 bits per heavy atom. The van der Waals surface area contributed by atoms with Crippen LogP contribution < -0.4 is 19.5 Å². The molecule has 4 heteroatoms. The molecule has 1 heterocycles. The molecule has 3 nitrogen and oxygen atoms in total. The molecule has 13 rings (SSSR count). The van der Waals surface area contributed by atoms with E-state index in [-0.39, 0.29) is 10.8 Å². The summed E-state index contributed by atoms with van der Waals surface area (Å²) in [5.41, 5.74) is 23.7. The van der Waals surface area contributed by atoms with Gasteiger partial charge in [0.1, 0.15) is 8.22 Å². The lowest BCUT2D eigenvalue weighted by molar-refractivity contribution is 0.660. The second-order valence-corrected chi connectivity index (χ2v) is 22.0. The van der Waals surface area contributed by atoms with Crippen molar-refractivity contribution in [1.82, 2.24) is 0 Å². The van der Waals surface area contributed by atoms with Crippen LogP contribution in [0.3, 0.4) is 0 Å². The number of benzene rings is 9. The fourth-order valence-corrected chi connectivity index (χ4v) is 14.3. The van der Waals surface area contributed by atoms with Gasteiger partial charge in [-0.2, -0.15) is 0 Å². The number of hydrogen-bond donors (Lipinski definition) is 0. The third-order valence-corrected chi connectivity index (χ3v) is 17.7. The zero-order valence-electron chi connectivity index (χ0n) is 40.1. The van der Waals surface area contributed by atoms with E-state index in [2.05, 4.69) is 272 Å². The van der Waals surface area contributed by atoms with Crippen LogP contribution in [0.25, 0.3) is 39.0 Å². The van der Waals surface area contributed by atoms with Crippen molar-refractivity contribution in [3.8, 4) is 33.4 Å². The molecular formula is C66H54N3P. The molecule has 1 unspecified atom stereocenters. The molecule has 1 aliphatic heterocycles. The Kier molecular flexibility index (Phi) is 9.98. The number of nitrogens with zero attached hydrogens (tertiary/aromatic N) is 3. The van der Waals surface area contributed by atoms with Gasteiger partial charge in [-0.15, -0.1) is 0 Å².